The molecule has 52 heavy (non-hydrogen) atoms. The second-order valence-corrected chi connectivity index (χ2v) is 11.8. The molecule has 276 valence electrons. The molecule has 0 N–H and O–H groups in total. The van der Waals surface area contributed by atoms with Gasteiger partial charge in [-0.3, -0.25) is 19.7 Å². The number of aromatic nitrogens is 1. The molecule has 0 aliphatic rings. The number of nitro groups is 1. The number of unbranched alkanes of at least 4 members (excludes halogenated alkanes) is 1. The van der Waals surface area contributed by atoms with Crippen LogP contribution in [0.25, 0.3) is 21.8 Å². The van der Waals surface area contributed by atoms with Crippen molar-refractivity contribution in [2.45, 2.75) is 59.1 Å². The topological polar surface area (TPSA) is 184 Å². The maximum atomic E-state index is 13.0. The first-order valence-electron chi connectivity index (χ1n) is 16.6. The smallest absolute Gasteiger partial charge is 0.338 e. The van der Waals surface area contributed by atoms with E-state index in [1.54, 1.807) is 44.2 Å². The molecule has 0 saturated heterocycles. The Hall–Kier alpha value is -5.83. The molecule has 4 rings (SSSR count). The van der Waals surface area contributed by atoms with Crippen LogP contribution in [0.4, 0.5) is 5.69 Å². The van der Waals surface area contributed by atoms with Crippen LogP contribution in [0.5, 0.6) is 5.75 Å². The molecule has 0 spiro atoms. The van der Waals surface area contributed by atoms with Crippen LogP contribution in [0.1, 0.15) is 62.4 Å². The van der Waals surface area contributed by atoms with Gasteiger partial charge in [0.15, 0.2) is 0 Å². The number of carbonyl (C=O) groups is 4. The Morgan fingerprint density at radius 3 is 2.27 bits per heavy atom. The van der Waals surface area contributed by atoms with Crippen LogP contribution in [0, 0.1) is 10.1 Å². The van der Waals surface area contributed by atoms with Crippen molar-refractivity contribution in [1.29, 1.82) is 0 Å². The average molecular weight is 720 g/mol. The number of hydrogen-bond acceptors (Lipinski definition) is 13. The van der Waals surface area contributed by atoms with Crippen molar-refractivity contribution in [1.82, 2.24) is 4.57 Å². The number of nitrogens with zero attached hydrogens (tertiary/aromatic N) is 3. The van der Waals surface area contributed by atoms with Crippen molar-refractivity contribution in [2.75, 3.05) is 33.5 Å². The lowest BCUT2D eigenvalue weighted by molar-refractivity contribution is -0.384. The number of hydrogen-bond donors (Lipinski definition) is 0. The lowest BCUT2D eigenvalue weighted by Crippen LogP contribution is -2.19. The zero-order chi connectivity index (χ0) is 37.6. The van der Waals surface area contributed by atoms with Crippen molar-refractivity contribution in [2.24, 2.45) is 5.16 Å². The Kier molecular flexibility index (Phi) is 14.2. The molecule has 1 heterocycles. The van der Waals surface area contributed by atoms with E-state index in [2.05, 4.69) is 5.16 Å². The fourth-order valence-corrected chi connectivity index (χ4v) is 5.36. The summed E-state index contributed by atoms with van der Waals surface area (Å²) in [6.07, 6.45) is 1.00. The number of carbonyl (C=O) groups excluding carboxylic acids is 4. The Morgan fingerprint density at radius 2 is 1.56 bits per heavy atom. The van der Waals surface area contributed by atoms with Gasteiger partial charge in [-0.15, -0.1) is 0 Å². The van der Waals surface area contributed by atoms with Crippen molar-refractivity contribution in [3.8, 4) is 5.75 Å². The number of oxime groups is 1. The molecular weight excluding hydrogens is 678 g/mol. The highest BCUT2D eigenvalue weighted by Crippen LogP contribution is 2.33. The van der Waals surface area contributed by atoms with Crippen LogP contribution >= 0.6 is 0 Å². The van der Waals surface area contributed by atoms with E-state index >= 15 is 0 Å². The molecule has 0 fully saturated rings. The highest BCUT2D eigenvalue weighted by atomic mass is 16.7. The minimum Gasteiger partial charge on any atom is -0.490 e. The molecule has 0 aliphatic carbocycles. The van der Waals surface area contributed by atoms with Crippen molar-refractivity contribution >= 4 is 57.1 Å². The quantitative estimate of drug-likeness (QED) is 0.0213. The van der Waals surface area contributed by atoms with Gasteiger partial charge < -0.3 is 33.1 Å². The molecule has 4 aromatic rings. The molecule has 0 radical (unpaired) electrons. The summed E-state index contributed by atoms with van der Waals surface area (Å²) in [5.41, 5.74) is 2.74. The van der Waals surface area contributed by atoms with Crippen LogP contribution in [0.15, 0.2) is 65.8 Å². The third kappa shape index (κ3) is 11.1. The Labute approximate surface area is 299 Å². The minimum absolute atomic E-state index is 0.00144. The maximum Gasteiger partial charge on any atom is 0.338 e. The van der Waals surface area contributed by atoms with Crippen LogP contribution in [0.3, 0.4) is 0 Å². The third-order valence-electron chi connectivity index (χ3n) is 7.77. The monoisotopic (exact) mass is 719 g/mol. The first-order chi connectivity index (χ1) is 25.0. The largest absolute Gasteiger partial charge is 0.490 e. The number of methoxy groups -OCH3 is 1. The molecule has 1 atom stereocenters. The van der Waals surface area contributed by atoms with E-state index in [1.165, 1.54) is 32.2 Å². The summed E-state index contributed by atoms with van der Waals surface area (Å²) >= 11 is 0. The van der Waals surface area contributed by atoms with Crippen LogP contribution < -0.4 is 4.74 Å². The van der Waals surface area contributed by atoms with E-state index in [0.717, 1.165) is 5.52 Å². The van der Waals surface area contributed by atoms with Gasteiger partial charge in [-0.05, 0) is 68.7 Å². The zero-order valence-electron chi connectivity index (χ0n) is 29.5. The van der Waals surface area contributed by atoms with Gasteiger partial charge >= 0.3 is 23.9 Å². The summed E-state index contributed by atoms with van der Waals surface area (Å²) in [7, 11) is 1.53. The van der Waals surface area contributed by atoms with Gasteiger partial charge in [-0.1, -0.05) is 17.3 Å². The molecule has 0 amide bonds. The van der Waals surface area contributed by atoms with E-state index in [9.17, 15) is 29.3 Å². The summed E-state index contributed by atoms with van der Waals surface area (Å²) in [5.74, 6) is -1.50. The highest BCUT2D eigenvalue weighted by molar-refractivity contribution is 6.12. The minimum atomic E-state index is -0.579. The Morgan fingerprint density at radius 1 is 0.846 bits per heavy atom. The zero-order valence-corrected chi connectivity index (χ0v) is 29.5. The lowest BCUT2D eigenvalue weighted by Gasteiger charge is -2.12. The number of non-ortho nitro benzene ring substituents is 1. The second kappa shape index (κ2) is 19.0. The third-order valence-corrected chi connectivity index (χ3v) is 7.77. The summed E-state index contributed by atoms with van der Waals surface area (Å²) in [4.78, 5) is 63.8. The molecule has 1 aromatic heterocycles. The fourth-order valence-electron chi connectivity index (χ4n) is 5.36. The maximum absolute atomic E-state index is 13.0. The van der Waals surface area contributed by atoms with Gasteiger partial charge in [0.25, 0.3) is 5.69 Å². The van der Waals surface area contributed by atoms with Gasteiger partial charge in [0.1, 0.15) is 31.7 Å². The molecule has 3 aromatic carbocycles. The predicted octanol–water partition coefficient (Wildman–Crippen LogP) is 5.91. The number of benzene rings is 3. The van der Waals surface area contributed by atoms with Crippen molar-refractivity contribution in [3.63, 3.8) is 0 Å². The Bertz CT molecular complexity index is 1950. The number of ether oxygens (including phenoxy) is 5. The number of nitro benzene ring substituents is 1. The van der Waals surface area contributed by atoms with E-state index in [0.29, 0.717) is 52.8 Å². The van der Waals surface area contributed by atoms with E-state index < -0.39 is 22.8 Å². The first kappa shape index (κ1) is 39.0. The summed E-state index contributed by atoms with van der Waals surface area (Å²) in [6.45, 7) is 5.31. The fraction of sp³-hybridized carbons (Fsp3) is 0.378. The molecule has 0 saturated carbocycles. The number of rotatable bonds is 19. The van der Waals surface area contributed by atoms with Gasteiger partial charge in [0.2, 0.25) is 0 Å². The number of esters is 3. The van der Waals surface area contributed by atoms with Gasteiger partial charge in [-0.2, -0.15) is 0 Å². The SMILES string of the molecule is COCC(C)OC(=O)CCCCC(=O)OCCOc1cccc(C(=O)OCCn2c3ccc(/C(C)=N/OC(C)=O)cc3c3cc([N+](=O)[O-])ccc32)c1. The van der Waals surface area contributed by atoms with Gasteiger partial charge in [0.05, 0.1) is 29.4 Å². The Balaban J connectivity index is 1.29. The molecule has 0 bridgehead atoms. The van der Waals surface area contributed by atoms with Crippen molar-refractivity contribution < 1.29 is 52.6 Å². The lowest BCUT2D eigenvalue weighted by atomic mass is 10.1. The second-order valence-electron chi connectivity index (χ2n) is 11.8. The molecule has 0 aliphatic heterocycles. The van der Waals surface area contributed by atoms with E-state index in [4.69, 9.17) is 28.5 Å². The highest BCUT2D eigenvalue weighted by Gasteiger charge is 2.17. The van der Waals surface area contributed by atoms with E-state index in [-0.39, 0.29) is 62.5 Å². The number of fused-ring (bicyclic) bond motifs is 3. The standard InChI is InChI=1S/C37H41N3O12/c1-24(23-47-4)51-36(43)11-6-5-10-35(42)49-19-18-48-30-9-7-8-28(20-30)37(44)50-17-16-39-33-14-12-27(25(2)38-52-26(3)41)21-31(33)32-22-29(40(45)46)13-15-34(32)39/h7-9,12-15,20-22,24H,5-6,10-11,16-19,23H2,1-4H3/b38-25+. The van der Waals surface area contributed by atoms with E-state index in [1.807, 2.05) is 16.7 Å². The summed E-state index contributed by atoms with van der Waals surface area (Å²) in [6, 6.07) is 16.4. The molecular formula is C37H41N3O12. The molecule has 15 heteroatoms. The molecule has 15 nitrogen and oxygen atoms in total. The van der Waals surface area contributed by atoms with Crippen LogP contribution in [-0.4, -0.2) is 78.7 Å². The van der Waals surface area contributed by atoms with Crippen molar-refractivity contribution in [3.05, 3.63) is 81.9 Å². The molecule has 1 unspecified atom stereocenters. The van der Waals surface area contributed by atoms with Gasteiger partial charge in [-0.25, -0.2) is 9.59 Å². The predicted molar refractivity (Wildman–Crippen MR) is 189 cm³/mol. The average Bonchev–Trinajstić information content (AvgIpc) is 3.43. The summed E-state index contributed by atoms with van der Waals surface area (Å²) in [5, 5.41) is 16.7. The van der Waals surface area contributed by atoms with Crippen LogP contribution in [-0.2, 0) is 44.7 Å². The van der Waals surface area contributed by atoms with Gasteiger partial charge in [0, 0.05) is 60.8 Å². The summed E-state index contributed by atoms with van der Waals surface area (Å²) < 4.78 is 28.5. The normalized spacial score (nSPS) is 12.0. The van der Waals surface area contributed by atoms with Crippen LogP contribution in [0.2, 0.25) is 0 Å². The first-order valence-corrected chi connectivity index (χ1v) is 16.6.